The van der Waals surface area contributed by atoms with Crippen molar-refractivity contribution in [2.45, 2.75) is 25.4 Å². The highest BCUT2D eigenvalue weighted by Crippen LogP contribution is 2.41. The molecule has 1 saturated carbocycles. The lowest BCUT2D eigenvalue weighted by Crippen LogP contribution is -2.22. The number of hydrogen-bond acceptors (Lipinski definition) is 2. The van der Waals surface area contributed by atoms with Crippen molar-refractivity contribution in [1.82, 2.24) is 5.32 Å². The number of nitrogens with one attached hydrogen (secondary N) is 1. The molecule has 122 valence electrons. The van der Waals surface area contributed by atoms with Crippen LogP contribution in [0.1, 0.15) is 30.0 Å². The quantitative estimate of drug-likeness (QED) is 0.684. The molecule has 0 aliphatic heterocycles. The van der Waals surface area contributed by atoms with Crippen LogP contribution in [-0.2, 0) is 6.54 Å². The molecule has 0 radical (unpaired) electrons. The Morgan fingerprint density at radius 2 is 1.71 bits per heavy atom. The van der Waals surface area contributed by atoms with Crippen LogP contribution in [0.15, 0.2) is 66.7 Å². The first-order valence-electron chi connectivity index (χ1n) is 8.69. The van der Waals surface area contributed by atoms with Gasteiger partial charge < -0.3 is 10.1 Å². The molecule has 0 saturated heterocycles. The van der Waals surface area contributed by atoms with Crippen molar-refractivity contribution < 1.29 is 4.74 Å². The van der Waals surface area contributed by atoms with E-state index in [9.17, 15) is 0 Å². The lowest BCUT2D eigenvalue weighted by molar-refractivity contribution is 0.413. The molecule has 2 heteroatoms. The zero-order valence-corrected chi connectivity index (χ0v) is 14.0. The minimum atomic E-state index is 0.426. The highest BCUT2D eigenvalue weighted by atomic mass is 16.5. The van der Waals surface area contributed by atoms with E-state index in [0.29, 0.717) is 6.04 Å². The molecular formula is C22H23NO. The molecule has 0 bridgehead atoms. The maximum atomic E-state index is 5.28. The van der Waals surface area contributed by atoms with Crippen LogP contribution >= 0.6 is 0 Å². The Hall–Kier alpha value is -2.32. The van der Waals surface area contributed by atoms with Crippen LogP contribution in [0.25, 0.3) is 10.8 Å². The van der Waals surface area contributed by atoms with Gasteiger partial charge in [0.1, 0.15) is 5.75 Å². The van der Waals surface area contributed by atoms with Gasteiger partial charge in [-0.05, 0) is 52.8 Å². The first-order valence-corrected chi connectivity index (χ1v) is 8.69. The maximum Gasteiger partial charge on any atom is 0.118 e. The second-order valence-electron chi connectivity index (χ2n) is 6.61. The Bertz CT molecular complexity index is 816. The summed E-state index contributed by atoms with van der Waals surface area (Å²) in [5.41, 5.74) is 2.73. The van der Waals surface area contributed by atoms with Gasteiger partial charge in [0.05, 0.1) is 7.11 Å². The van der Waals surface area contributed by atoms with Gasteiger partial charge in [0.15, 0.2) is 0 Å². The summed E-state index contributed by atoms with van der Waals surface area (Å²) in [5.74, 6) is 1.68. The summed E-state index contributed by atoms with van der Waals surface area (Å²) in [6, 6.07) is 24.1. The summed E-state index contributed by atoms with van der Waals surface area (Å²) < 4.78 is 5.28. The third-order valence-corrected chi connectivity index (χ3v) is 4.96. The van der Waals surface area contributed by atoms with E-state index in [1.165, 1.54) is 34.7 Å². The number of hydrogen-bond donors (Lipinski definition) is 1. The maximum absolute atomic E-state index is 5.28. The molecule has 0 heterocycles. The summed E-state index contributed by atoms with van der Waals surface area (Å²) >= 11 is 0. The van der Waals surface area contributed by atoms with E-state index in [1.807, 2.05) is 0 Å². The van der Waals surface area contributed by atoms with Crippen LogP contribution in [0.3, 0.4) is 0 Å². The summed E-state index contributed by atoms with van der Waals surface area (Å²) in [6.45, 7) is 0.897. The first-order chi connectivity index (χ1) is 11.8. The Morgan fingerprint density at radius 1 is 0.958 bits per heavy atom. The predicted octanol–water partition coefficient (Wildman–Crippen LogP) is 5.09. The predicted molar refractivity (Wildman–Crippen MR) is 99.2 cm³/mol. The van der Waals surface area contributed by atoms with Crippen molar-refractivity contribution in [3.05, 3.63) is 77.9 Å². The van der Waals surface area contributed by atoms with Gasteiger partial charge in [-0.1, -0.05) is 54.6 Å². The number of fused-ring (bicyclic) bond motifs is 1. The van der Waals surface area contributed by atoms with E-state index in [-0.39, 0.29) is 0 Å². The molecule has 0 aromatic heterocycles. The fraction of sp³-hybridized carbons (Fsp3) is 0.273. The fourth-order valence-electron chi connectivity index (χ4n) is 3.46. The molecule has 1 N–H and O–H groups in total. The van der Waals surface area contributed by atoms with Crippen molar-refractivity contribution in [2.75, 3.05) is 7.11 Å². The summed E-state index contributed by atoms with van der Waals surface area (Å²) in [7, 11) is 1.71. The van der Waals surface area contributed by atoms with Crippen molar-refractivity contribution in [2.24, 2.45) is 5.92 Å². The van der Waals surface area contributed by atoms with Crippen LogP contribution in [0, 0.1) is 5.92 Å². The third kappa shape index (κ3) is 3.15. The lowest BCUT2D eigenvalue weighted by Gasteiger charge is -2.20. The van der Waals surface area contributed by atoms with Gasteiger partial charge in [-0.3, -0.25) is 0 Å². The van der Waals surface area contributed by atoms with Crippen molar-refractivity contribution in [3.63, 3.8) is 0 Å². The van der Waals surface area contributed by atoms with Crippen LogP contribution in [-0.4, -0.2) is 7.11 Å². The van der Waals surface area contributed by atoms with E-state index in [0.717, 1.165) is 18.2 Å². The highest BCUT2D eigenvalue weighted by molar-refractivity contribution is 5.85. The van der Waals surface area contributed by atoms with Crippen molar-refractivity contribution in [1.29, 1.82) is 0 Å². The molecule has 0 spiro atoms. The average molecular weight is 317 g/mol. The zero-order valence-electron chi connectivity index (χ0n) is 14.0. The van der Waals surface area contributed by atoms with Gasteiger partial charge in [0.25, 0.3) is 0 Å². The zero-order chi connectivity index (χ0) is 16.4. The van der Waals surface area contributed by atoms with Crippen LogP contribution in [0.5, 0.6) is 5.75 Å². The van der Waals surface area contributed by atoms with Crippen molar-refractivity contribution >= 4 is 10.8 Å². The molecule has 2 nitrogen and oxygen atoms in total. The molecule has 0 unspecified atom stereocenters. The summed E-state index contributed by atoms with van der Waals surface area (Å²) in [5, 5.41) is 6.46. The Balaban J connectivity index is 1.55. The number of benzene rings is 3. The molecule has 4 rings (SSSR count). The monoisotopic (exact) mass is 317 g/mol. The second kappa shape index (κ2) is 6.66. The highest BCUT2D eigenvalue weighted by Gasteiger charge is 2.31. The second-order valence-corrected chi connectivity index (χ2v) is 6.61. The Labute approximate surface area is 143 Å². The van der Waals surface area contributed by atoms with Crippen LogP contribution in [0.2, 0.25) is 0 Å². The van der Waals surface area contributed by atoms with Gasteiger partial charge in [-0.2, -0.15) is 0 Å². The minimum Gasteiger partial charge on any atom is -0.497 e. The molecule has 1 fully saturated rings. The van der Waals surface area contributed by atoms with E-state index in [2.05, 4.69) is 72.0 Å². The van der Waals surface area contributed by atoms with Gasteiger partial charge in [-0.15, -0.1) is 0 Å². The SMILES string of the molecule is COc1ccc([C@H](NCc2cccc3ccccc23)C2CC2)cc1. The number of ether oxygens (including phenoxy) is 1. The lowest BCUT2D eigenvalue weighted by atomic mass is 10.0. The molecule has 1 aliphatic rings. The Morgan fingerprint density at radius 3 is 2.46 bits per heavy atom. The van der Waals surface area contributed by atoms with Gasteiger partial charge in [0, 0.05) is 12.6 Å². The minimum absolute atomic E-state index is 0.426. The van der Waals surface area contributed by atoms with E-state index in [1.54, 1.807) is 7.11 Å². The Kier molecular flexibility index (Phi) is 4.22. The molecular weight excluding hydrogens is 294 g/mol. The molecule has 0 amide bonds. The normalized spacial score (nSPS) is 15.4. The van der Waals surface area contributed by atoms with Gasteiger partial charge in [-0.25, -0.2) is 0 Å². The van der Waals surface area contributed by atoms with E-state index in [4.69, 9.17) is 4.74 Å². The van der Waals surface area contributed by atoms with Gasteiger partial charge in [0.2, 0.25) is 0 Å². The number of methoxy groups -OCH3 is 1. The first kappa shape index (κ1) is 15.2. The molecule has 1 aliphatic carbocycles. The summed E-state index contributed by atoms with van der Waals surface area (Å²) in [4.78, 5) is 0. The molecule has 1 atom stereocenters. The van der Waals surface area contributed by atoms with E-state index >= 15 is 0 Å². The average Bonchev–Trinajstić information content (AvgIpc) is 3.48. The van der Waals surface area contributed by atoms with Crippen LogP contribution in [0.4, 0.5) is 0 Å². The molecule has 3 aromatic rings. The van der Waals surface area contributed by atoms with Crippen molar-refractivity contribution in [3.8, 4) is 5.75 Å². The number of rotatable bonds is 6. The smallest absolute Gasteiger partial charge is 0.118 e. The van der Waals surface area contributed by atoms with E-state index < -0.39 is 0 Å². The molecule has 24 heavy (non-hydrogen) atoms. The third-order valence-electron chi connectivity index (χ3n) is 4.96. The summed E-state index contributed by atoms with van der Waals surface area (Å²) in [6.07, 6.45) is 2.64. The standard InChI is InChI=1S/C22H23NO/c1-24-20-13-11-18(12-14-20)22(17-9-10-17)23-15-19-7-4-6-16-5-2-3-8-21(16)19/h2-8,11-14,17,22-23H,9-10,15H2,1H3/t22-/m1/s1. The fourth-order valence-corrected chi connectivity index (χ4v) is 3.46. The molecule has 3 aromatic carbocycles. The topological polar surface area (TPSA) is 21.3 Å². The van der Waals surface area contributed by atoms with Crippen LogP contribution < -0.4 is 10.1 Å². The largest absolute Gasteiger partial charge is 0.497 e. The van der Waals surface area contributed by atoms with Gasteiger partial charge >= 0.3 is 0 Å².